The summed E-state index contributed by atoms with van der Waals surface area (Å²) in [7, 11) is 0. The van der Waals surface area contributed by atoms with Crippen molar-refractivity contribution < 1.29 is 29.4 Å². The second-order valence-electron chi connectivity index (χ2n) is 9.18. The van der Waals surface area contributed by atoms with Crippen molar-refractivity contribution in [2.75, 3.05) is 5.75 Å². The molecule has 206 valence electrons. The predicted molar refractivity (Wildman–Crippen MR) is 147 cm³/mol. The van der Waals surface area contributed by atoms with Gasteiger partial charge in [-0.2, -0.15) is 12.6 Å². The first-order valence-electron chi connectivity index (χ1n) is 12.4. The first-order chi connectivity index (χ1) is 18.0. The molecule has 10 nitrogen and oxygen atoms in total. The largest absolute Gasteiger partial charge is 0.508 e. The van der Waals surface area contributed by atoms with Gasteiger partial charge in [-0.1, -0.05) is 62.7 Å². The van der Waals surface area contributed by atoms with Crippen LogP contribution in [0, 0.1) is 5.92 Å². The highest BCUT2D eigenvalue weighted by Crippen LogP contribution is 2.13. The van der Waals surface area contributed by atoms with Gasteiger partial charge in [-0.25, -0.2) is 4.79 Å². The van der Waals surface area contributed by atoms with Crippen LogP contribution in [0.3, 0.4) is 0 Å². The summed E-state index contributed by atoms with van der Waals surface area (Å²) in [6.07, 6.45) is 0.831. The van der Waals surface area contributed by atoms with Gasteiger partial charge < -0.3 is 31.9 Å². The van der Waals surface area contributed by atoms with Gasteiger partial charge in [-0.3, -0.25) is 14.4 Å². The van der Waals surface area contributed by atoms with Gasteiger partial charge in [0.15, 0.2) is 0 Å². The van der Waals surface area contributed by atoms with Crippen molar-refractivity contribution in [3.63, 3.8) is 0 Å². The van der Waals surface area contributed by atoms with E-state index in [1.165, 1.54) is 12.1 Å². The number of aromatic hydroxyl groups is 1. The number of hydrogen-bond acceptors (Lipinski definition) is 7. The number of carboxylic acid groups (broad SMARTS) is 1. The Hall–Kier alpha value is -3.57. The Morgan fingerprint density at radius 2 is 1.29 bits per heavy atom. The van der Waals surface area contributed by atoms with Crippen LogP contribution in [0.25, 0.3) is 0 Å². The fourth-order valence-electron chi connectivity index (χ4n) is 3.65. The number of benzene rings is 2. The number of carbonyl (C=O) groups is 4. The number of nitrogens with two attached hydrogens (primary N) is 1. The van der Waals surface area contributed by atoms with Crippen LogP contribution in [-0.4, -0.2) is 63.8 Å². The molecule has 0 aliphatic rings. The fourth-order valence-corrected chi connectivity index (χ4v) is 3.89. The van der Waals surface area contributed by atoms with Crippen LogP contribution in [0.4, 0.5) is 0 Å². The van der Waals surface area contributed by atoms with Crippen molar-refractivity contribution in [1.29, 1.82) is 0 Å². The third-order valence-corrected chi connectivity index (χ3v) is 6.65. The number of carboxylic acids is 1. The summed E-state index contributed by atoms with van der Waals surface area (Å²) >= 11 is 3.98. The van der Waals surface area contributed by atoms with Gasteiger partial charge in [0.2, 0.25) is 17.7 Å². The highest BCUT2D eigenvalue weighted by Gasteiger charge is 2.31. The number of phenolic OH excluding ortho intramolecular Hbond substituents is 1. The SMILES string of the molecule is CCC(C)C(N)C(=O)NC(Cc1ccccc1)C(=O)NC(Cc1ccc(O)cc1)C(=O)NC(CS)C(=O)O. The number of rotatable bonds is 14. The second kappa shape index (κ2) is 15.0. The van der Waals surface area contributed by atoms with Crippen molar-refractivity contribution in [2.45, 2.75) is 57.3 Å². The Bertz CT molecular complexity index is 1080. The van der Waals surface area contributed by atoms with E-state index in [0.29, 0.717) is 12.0 Å². The molecule has 0 radical (unpaired) electrons. The Morgan fingerprint density at radius 3 is 1.76 bits per heavy atom. The number of aliphatic carboxylic acids is 1. The van der Waals surface area contributed by atoms with E-state index in [4.69, 9.17) is 5.73 Å². The lowest BCUT2D eigenvalue weighted by Gasteiger charge is -2.26. The highest BCUT2D eigenvalue weighted by molar-refractivity contribution is 7.80. The van der Waals surface area contributed by atoms with E-state index in [-0.39, 0.29) is 30.3 Å². The molecule has 38 heavy (non-hydrogen) atoms. The molecule has 0 heterocycles. The lowest BCUT2D eigenvalue weighted by molar-refractivity contribution is -0.141. The van der Waals surface area contributed by atoms with Crippen molar-refractivity contribution in [3.8, 4) is 5.75 Å². The van der Waals surface area contributed by atoms with Gasteiger partial charge in [-0.15, -0.1) is 0 Å². The predicted octanol–water partition coefficient (Wildman–Crippen LogP) is 1.02. The minimum atomic E-state index is -1.27. The lowest BCUT2D eigenvalue weighted by atomic mass is 9.98. The zero-order chi connectivity index (χ0) is 28.2. The van der Waals surface area contributed by atoms with Crippen LogP contribution in [0.1, 0.15) is 31.4 Å². The zero-order valence-electron chi connectivity index (χ0n) is 21.5. The maximum atomic E-state index is 13.5. The fraction of sp³-hybridized carbons (Fsp3) is 0.407. The van der Waals surface area contributed by atoms with Gasteiger partial charge in [-0.05, 0) is 29.2 Å². The van der Waals surface area contributed by atoms with Crippen LogP contribution in [-0.2, 0) is 32.0 Å². The smallest absolute Gasteiger partial charge is 0.327 e. The van der Waals surface area contributed by atoms with Gasteiger partial charge in [0.1, 0.15) is 23.9 Å². The number of amides is 3. The van der Waals surface area contributed by atoms with E-state index < -0.39 is 47.9 Å². The van der Waals surface area contributed by atoms with E-state index in [9.17, 15) is 29.4 Å². The van der Waals surface area contributed by atoms with Gasteiger partial charge in [0, 0.05) is 18.6 Å². The normalized spacial score (nSPS) is 14.8. The molecule has 3 amide bonds. The Labute approximate surface area is 227 Å². The van der Waals surface area contributed by atoms with E-state index >= 15 is 0 Å². The molecular weight excluding hydrogens is 508 g/mol. The first-order valence-corrected chi connectivity index (χ1v) is 13.0. The summed E-state index contributed by atoms with van der Waals surface area (Å²) in [5.41, 5.74) is 7.48. The molecule has 7 N–H and O–H groups in total. The summed E-state index contributed by atoms with van der Waals surface area (Å²) in [6, 6.07) is 10.8. The van der Waals surface area contributed by atoms with Crippen LogP contribution in [0.15, 0.2) is 54.6 Å². The summed E-state index contributed by atoms with van der Waals surface area (Å²) in [6.45, 7) is 3.75. The molecule has 0 spiro atoms. The molecule has 0 saturated carbocycles. The van der Waals surface area contributed by atoms with Crippen LogP contribution in [0.5, 0.6) is 5.75 Å². The third kappa shape index (κ3) is 9.38. The molecule has 0 saturated heterocycles. The first kappa shape index (κ1) is 30.7. The van der Waals surface area contributed by atoms with Crippen LogP contribution in [0.2, 0.25) is 0 Å². The Balaban J connectivity index is 2.31. The van der Waals surface area contributed by atoms with Crippen LogP contribution >= 0.6 is 12.6 Å². The molecular formula is C27H36N4O6S. The molecule has 0 fully saturated rings. The maximum Gasteiger partial charge on any atom is 0.327 e. The molecule has 5 atom stereocenters. The molecule has 0 aromatic heterocycles. The number of nitrogens with one attached hydrogen (secondary N) is 3. The average Bonchev–Trinajstić information content (AvgIpc) is 2.91. The maximum absolute atomic E-state index is 13.5. The molecule has 0 aliphatic heterocycles. The molecule has 0 bridgehead atoms. The number of thiol groups is 1. The summed E-state index contributed by atoms with van der Waals surface area (Å²) < 4.78 is 0. The Morgan fingerprint density at radius 1 is 0.816 bits per heavy atom. The van der Waals surface area contributed by atoms with Crippen molar-refractivity contribution in [3.05, 3.63) is 65.7 Å². The van der Waals surface area contributed by atoms with Gasteiger partial charge in [0.05, 0.1) is 6.04 Å². The zero-order valence-corrected chi connectivity index (χ0v) is 22.4. The topological polar surface area (TPSA) is 171 Å². The Kier molecular flexibility index (Phi) is 12.1. The standard InChI is InChI=1S/C27H36N4O6S/c1-3-16(2)23(28)26(35)30-21(13-17-7-5-4-6-8-17)24(33)29-20(14-18-9-11-19(32)12-10-18)25(34)31-22(15-38)27(36)37/h4-12,16,20-23,32,38H,3,13-15,28H2,1-2H3,(H,29,33)(H,30,35)(H,31,34)(H,36,37). The highest BCUT2D eigenvalue weighted by atomic mass is 32.1. The number of hydrogen-bond donors (Lipinski definition) is 7. The van der Waals surface area contributed by atoms with Gasteiger partial charge in [0.25, 0.3) is 0 Å². The molecule has 11 heteroatoms. The average molecular weight is 545 g/mol. The molecule has 2 rings (SSSR count). The lowest BCUT2D eigenvalue weighted by Crippen LogP contribution is -2.58. The third-order valence-electron chi connectivity index (χ3n) is 6.28. The molecule has 5 unspecified atom stereocenters. The van der Waals surface area contributed by atoms with E-state index in [1.807, 2.05) is 44.2 Å². The van der Waals surface area contributed by atoms with E-state index in [0.717, 1.165) is 5.56 Å². The van der Waals surface area contributed by atoms with Crippen molar-refractivity contribution >= 4 is 36.3 Å². The van der Waals surface area contributed by atoms with E-state index in [1.54, 1.807) is 12.1 Å². The summed E-state index contributed by atoms with van der Waals surface area (Å²) in [4.78, 5) is 50.9. The van der Waals surface area contributed by atoms with Gasteiger partial charge >= 0.3 is 5.97 Å². The summed E-state index contributed by atoms with van der Waals surface area (Å²) in [5.74, 6) is -3.35. The quantitative estimate of drug-likeness (QED) is 0.174. The second-order valence-corrected chi connectivity index (χ2v) is 9.54. The summed E-state index contributed by atoms with van der Waals surface area (Å²) in [5, 5.41) is 26.7. The number of phenols is 1. The van der Waals surface area contributed by atoms with Crippen molar-refractivity contribution in [2.24, 2.45) is 11.7 Å². The minimum absolute atomic E-state index is 0.00908. The van der Waals surface area contributed by atoms with Crippen molar-refractivity contribution in [1.82, 2.24) is 16.0 Å². The monoisotopic (exact) mass is 544 g/mol. The number of carbonyl (C=O) groups excluding carboxylic acids is 3. The molecule has 2 aromatic rings. The van der Waals surface area contributed by atoms with E-state index in [2.05, 4.69) is 28.6 Å². The molecule has 0 aliphatic carbocycles. The molecule has 2 aromatic carbocycles. The van der Waals surface area contributed by atoms with Crippen LogP contribution < -0.4 is 21.7 Å². The minimum Gasteiger partial charge on any atom is -0.508 e.